The number of alkyl halides is 3. The summed E-state index contributed by atoms with van der Waals surface area (Å²) in [6, 6.07) is 3.81. The highest BCUT2D eigenvalue weighted by atomic mass is 19.4. The third-order valence-electron chi connectivity index (χ3n) is 2.24. The second-order valence-electron chi connectivity index (χ2n) is 3.58. The highest BCUT2D eigenvalue weighted by Gasteiger charge is 2.32. The Morgan fingerprint density at radius 1 is 1.39 bits per heavy atom. The number of methoxy groups -OCH3 is 1. The molecule has 1 rings (SSSR count). The highest BCUT2D eigenvalue weighted by Crippen LogP contribution is 2.32. The molecule has 0 fully saturated rings. The number of esters is 1. The molecule has 0 unspecified atom stereocenters. The summed E-state index contributed by atoms with van der Waals surface area (Å²) in [6.07, 6.45) is -4.55. The molecule has 18 heavy (non-hydrogen) atoms. The van der Waals surface area contributed by atoms with Gasteiger partial charge in [-0.05, 0) is 24.6 Å². The van der Waals surface area contributed by atoms with Crippen molar-refractivity contribution in [1.29, 1.82) is 0 Å². The molecule has 0 N–H and O–H groups in total. The van der Waals surface area contributed by atoms with E-state index in [4.69, 9.17) is 0 Å². The smallest absolute Gasteiger partial charge is 0.416 e. The van der Waals surface area contributed by atoms with Crippen molar-refractivity contribution < 1.29 is 22.7 Å². The third kappa shape index (κ3) is 3.81. The molecular weight excluding hydrogens is 245 g/mol. The molecule has 0 aliphatic heterocycles. The molecule has 0 atom stereocenters. The quantitative estimate of drug-likeness (QED) is 0.570. The van der Waals surface area contributed by atoms with E-state index in [0.29, 0.717) is 0 Å². The number of rotatable bonds is 1. The maximum atomic E-state index is 12.6. The molecule has 0 spiro atoms. The van der Waals surface area contributed by atoms with Crippen LogP contribution in [0, 0.1) is 18.8 Å². The summed E-state index contributed by atoms with van der Waals surface area (Å²) in [5.74, 6) is 4.43. The van der Waals surface area contributed by atoms with Crippen molar-refractivity contribution in [2.24, 2.45) is 0 Å². The van der Waals surface area contributed by atoms with E-state index in [-0.39, 0.29) is 17.5 Å². The van der Waals surface area contributed by atoms with Gasteiger partial charge in [0, 0.05) is 5.56 Å². The fourth-order valence-electron chi connectivity index (χ4n) is 1.30. The average Bonchev–Trinajstić information content (AvgIpc) is 2.29. The maximum Gasteiger partial charge on any atom is 0.416 e. The molecule has 0 aromatic heterocycles. The summed E-state index contributed by atoms with van der Waals surface area (Å²) in [5, 5.41) is 0. The molecular formula is C13H11F3O2. The molecule has 1 aromatic carbocycles. The molecule has 1 aromatic rings. The SMILES string of the molecule is COC(=O)CC#Cc1ccc(C)c(C(F)(F)F)c1. The topological polar surface area (TPSA) is 26.3 Å². The molecule has 5 heteroatoms. The zero-order valence-electron chi connectivity index (χ0n) is 9.89. The average molecular weight is 256 g/mol. The lowest BCUT2D eigenvalue weighted by molar-refractivity contribution is -0.139. The summed E-state index contributed by atoms with van der Waals surface area (Å²) >= 11 is 0. The normalized spacial score (nSPS) is 10.5. The predicted molar refractivity (Wildman–Crippen MR) is 59.7 cm³/mol. The Balaban J connectivity index is 2.96. The molecule has 0 heterocycles. The number of carbonyl (C=O) groups excluding carboxylic acids is 1. The number of carbonyl (C=O) groups is 1. The van der Waals surface area contributed by atoms with Crippen LogP contribution in [0.15, 0.2) is 18.2 Å². The van der Waals surface area contributed by atoms with Crippen molar-refractivity contribution in [3.8, 4) is 11.8 Å². The zero-order valence-corrected chi connectivity index (χ0v) is 9.89. The van der Waals surface area contributed by atoms with Gasteiger partial charge in [0.25, 0.3) is 0 Å². The fraction of sp³-hybridized carbons (Fsp3) is 0.308. The molecule has 0 bridgehead atoms. The van der Waals surface area contributed by atoms with E-state index in [1.807, 2.05) is 0 Å². The van der Waals surface area contributed by atoms with E-state index >= 15 is 0 Å². The standard InChI is InChI=1S/C13H11F3O2/c1-9-6-7-10(4-3-5-12(17)18-2)8-11(9)13(14,15)16/h6-8H,5H2,1-2H3. The first-order valence-electron chi connectivity index (χ1n) is 5.08. The minimum atomic E-state index is -4.40. The van der Waals surface area contributed by atoms with E-state index < -0.39 is 17.7 Å². The lowest BCUT2D eigenvalue weighted by Crippen LogP contribution is -2.07. The largest absolute Gasteiger partial charge is 0.468 e. The molecule has 0 aliphatic carbocycles. The van der Waals surface area contributed by atoms with Gasteiger partial charge in [-0.3, -0.25) is 4.79 Å². The zero-order chi connectivity index (χ0) is 13.8. The van der Waals surface area contributed by atoms with Crippen molar-refractivity contribution in [2.75, 3.05) is 7.11 Å². The second-order valence-corrected chi connectivity index (χ2v) is 3.58. The van der Waals surface area contributed by atoms with Crippen LogP contribution in [0.25, 0.3) is 0 Å². The van der Waals surface area contributed by atoms with Crippen molar-refractivity contribution in [3.05, 3.63) is 34.9 Å². The van der Waals surface area contributed by atoms with E-state index in [1.54, 1.807) is 0 Å². The lowest BCUT2D eigenvalue weighted by Gasteiger charge is -2.09. The summed E-state index contributed by atoms with van der Waals surface area (Å²) in [5.41, 5.74) is -0.356. The van der Waals surface area contributed by atoms with Gasteiger partial charge in [-0.1, -0.05) is 17.9 Å². The van der Waals surface area contributed by atoms with Crippen molar-refractivity contribution >= 4 is 5.97 Å². The summed E-state index contributed by atoms with van der Waals surface area (Å²) in [6.45, 7) is 1.38. The first kappa shape index (κ1) is 14.1. The number of aryl methyl sites for hydroxylation is 1. The summed E-state index contributed by atoms with van der Waals surface area (Å²) in [7, 11) is 1.22. The Morgan fingerprint density at radius 3 is 2.61 bits per heavy atom. The minimum Gasteiger partial charge on any atom is -0.468 e. The van der Waals surface area contributed by atoms with E-state index in [0.717, 1.165) is 6.07 Å². The predicted octanol–water partition coefficient (Wildman–Crippen LogP) is 2.93. The van der Waals surface area contributed by atoms with Crippen molar-refractivity contribution in [3.63, 3.8) is 0 Å². The molecule has 0 saturated heterocycles. The summed E-state index contributed by atoms with van der Waals surface area (Å²) in [4.78, 5) is 10.8. The second kappa shape index (κ2) is 5.58. The minimum absolute atomic E-state index is 0.140. The van der Waals surface area contributed by atoms with Gasteiger partial charge in [0.05, 0.1) is 12.7 Å². The van der Waals surface area contributed by atoms with E-state index in [2.05, 4.69) is 16.6 Å². The van der Waals surface area contributed by atoms with E-state index in [9.17, 15) is 18.0 Å². The number of benzene rings is 1. The van der Waals surface area contributed by atoms with Gasteiger partial charge < -0.3 is 4.74 Å². The Bertz CT molecular complexity index is 507. The number of halogens is 3. The first-order chi connectivity index (χ1) is 8.34. The summed E-state index contributed by atoms with van der Waals surface area (Å²) < 4.78 is 42.2. The monoisotopic (exact) mass is 256 g/mol. The fourth-order valence-corrected chi connectivity index (χ4v) is 1.30. The third-order valence-corrected chi connectivity index (χ3v) is 2.24. The van der Waals surface area contributed by atoms with Gasteiger partial charge in [-0.2, -0.15) is 13.2 Å². The van der Waals surface area contributed by atoms with Gasteiger partial charge in [-0.25, -0.2) is 0 Å². The van der Waals surface area contributed by atoms with Crippen LogP contribution in [0.5, 0.6) is 0 Å². The maximum absolute atomic E-state index is 12.6. The first-order valence-corrected chi connectivity index (χ1v) is 5.08. The van der Waals surface area contributed by atoms with Gasteiger partial charge in [0.15, 0.2) is 0 Å². The van der Waals surface area contributed by atoms with Crippen molar-refractivity contribution in [2.45, 2.75) is 19.5 Å². The van der Waals surface area contributed by atoms with Crippen LogP contribution in [0.1, 0.15) is 23.1 Å². The Morgan fingerprint density at radius 2 is 2.06 bits per heavy atom. The number of hydrogen-bond donors (Lipinski definition) is 0. The number of ether oxygens (including phenoxy) is 1. The van der Waals surface area contributed by atoms with E-state index in [1.165, 1.54) is 26.2 Å². The highest BCUT2D eigenvalue weighted by molar-refractivity contribution is 5.72. The Labute approximate surface area is 103 Å². The Hall–Kier alpha value is -1.96. The van der Waals surface area contributed by atoms with Crippen LogP contribution in [-0.2, 0) is 15.7 Å². The Kier molecular flexibility index (Phi) is 4.38. The van der Waals surface area contributed by atoms with Gasteiger partial charge in [-0.15, -0.1) is 0 Å². The molecule has 0 amide bonds. The van der Waals surface area contributed by atoms with Crippen LogP contribution >= 0.6 is 0 Å². The molecule has 0 aliphatic rings. The van der Waals surface area contributed by atoms with Gasteiger partial charge in [0.2, 0.25) is 0 Å². The molecule has 96 valence electrons. The van der Waals surface area contributed by atoms with Crippen LogP contribution < -0.4 is 0 Å². The molecule has 0 saturated carbocycles. The van der Waals surface area contributed by atoms with Crippen LogP contribution in [0.2, 0.25) is 0 Å². The number of hydrogen-bond acceptors (Lipinski definition) is 2. The van der Waals surface area contributed by atoms with Crippen molar-refractivity contribution in [1.82, 2.24) is 0 Å². The van der Waals surface area contributed by atoms with Crippen LogP contribution in [-0.4, -0.2) is 13.1 Å². The lowest BCUT2D eigenvalue weighted by atomic mass is 10.0. The van der Waals surface area contributed by atoms with Crippen LogP contribution in [0.3, 0.4) is 0 Å². The van der Waals surface area contributed by atoms with Crippen LogP contribution in [0.4, 0.5) is 13.2 Å². The molecule has 2 nitrogen and oxygen atoms in total. The molecule has 0 radical (unpaired) electrons. The van der Waals surface area contributed by atoms with Gasteiger partial charge in [0.1, 0.15) is 6.42 Å². The van der Waals surface area contributed by atoms with Gasteiger partial charge >= 0.3 is 12.1 Å².